The lowest BCUT2D eigenvalue weighted by Crippen LogP contribution is -2.34. The molecule has 0 aliphatic heterocycles. The van der Waals surface area contributed by atoms with Crippen molar-refractivity contribution in [1.29, 1.82) is 0 Å². The number of hydrogen-bond acceptors (Lipinski definition) is 3. The maximum atomic E-state index is 11.8. The topological polar surface area (TPSA) is 26.3 Å². The van der Waals surface area contributed by atoms with E-state index in [1.54, 1.807) is 0 Å². The molecular weight excluding hydrogens is 220 g/mol. The summed E-state index contributed by atoms with van der Waals surface area (Å²) in [7, 11) is 0. The highest BCUT2D eigenvalue weighted by molar-refractivity contribution is 7.80. The van der Waals surface area contributed by atoms with E-state index in [2.05, 4.69) is 12.6 Å². The lowest BCUT2D eigenvalue weighted by atomic mass is 9.85. The number of hydrogen-bond donors (Lipinski definition) is 1. The van der Waals surface area contributed by atoms with Crippen LogP contribution in [0.15, 0.2) is 30.3 Å². The Morgan fingerprint density at radius 3 is 2.50 bits per heavy atom. The number of rotatable bonds is 5. The summed E-state index contributed by atoms with van der Waals surface area (Å²) < 4.78 is 5.08. The van der Waals surface area contributed by atoms with E-state index >= 15 is 0 Å². The maximum absolute atomic E-state index is 11.8. The first-order valence-electron chi connectivity index (χ1n) is 5.44. The van der Waals surface area contributed by atoms with Crippen LogP contribution in [0.1, 0.15) is 19.4 Å². The van der Waals surface area contributed by atoms with Crippen molar-refractivity contribution in [1.82, 2.24) is 0 Å². The third kappa shape index (κ3) is 3.27. The van der Waals surface area contributed by atoms with Crippen LogP contribution in [0.25, 0.3) is 0 Å². The largest absolute Gasteiger partial charge is 0.466 e. The summed E-state index contributed by atoms with van der Waals surface area (Å²) in [4.78, 5) is 11.8. The smallest absolute Gasteiger partial charge is 0.312 e. The van der Waals surface area contributed by atoms with Crippen molar-refractivity contribution < 1.29 is 9.53 Å². The van der Waals surface area contributed by atoms with Crippen molar-refractivity contribution in [2.45, 2.75) is 20.3 Å². The van der Waals surface area contributed by atoms with Crippen LogP contribution >= 0.6 is 12.6 Å². The Labute approximate surface area is 102 Å². The predicted octanol–water partition coefficient (Wildman–Crippen LogP) is 2.73. The van der Waals surface area contributed by atoms with Crippen LogP contribution in [0.2, 0.25) is 0 Å². The van der Waals surface area contributed by atoms with Gasteiger partial charge in [-0.1, -0.05) is 30.3 Å². The number of esters is 1. The predicted molar refractivity (Wildman–Crippen MR) is 68.7 cm³/mol. The van der Waals surface area contributed by atoms with Crippen LogP contribution in [0, 0.1) is 5.41 Å². The molecule has 0 N–H and O–H groups in total. The molecule has 0 bridgehead atoms. The van der Waals surface area contributed by atoms with Gasteiger partial charge in [0.05, 0.1) is 12.0 Å². The molecule has 0 heterocycles. The molecule has 0 amide bonds. The van der Waals surface area contributed by atoms with Gasteiger partial charge in [0.25, 0.3) is 0 Å². The highest BCUT2D eigenvalue weighted by atomic mass is 32.1. The molecule has 0 saturated heterocycles. The first kappa shape index (κ1) is 13.1. The van der Waals surface area contributed by atoms with Gasteiger partial charge in [-0.3, -0.25) is 4.79 Å². The summed E-state index contributed by atoms with van der Waals surface area (Å²) in [5, 5.41) is 0. The van der Waals surface area contributed by atoms with Crippen molar-refractivity contribution in [3.8, 4) is 0 Å². The van der Waals surface area contributed by atoms with Gasteiger partial charge in [-0.15, -0.1) is 0 Å². The molecule has 0 radical (unpaired) electrons. The number of ether oxygens (including phenoxy) is 1. The average Bonchev–Trinajstić information content (AvgIpc) is 2.30. The molecule has 2 nitrogen and oxygen atoms in total. The fraction of sp³-hybridized carbons (Fsp3) is 0.462. The zero-order valence-corrected chi connectivity index (χ0v) is 10.7. The van der Waals surface area contributed by atoms with E-state index in [1.807, 2.05) is 44.2 Å². The Balaban J connectivity index is 2.78. The van der Waals surface area contributed by atoms with E-state index < -0.39 is 5.41 Å². The van der Waals surface area contributed by atoms with Gasteiger partial charge in [0.2, 0.25) is 0 Å². The molecule has 0 aromatic heterocycles. The standard InChI is InChI=1S/C13H18O2S/c1-3-15-12(14)13(2,10-16)9-11-7-5-4-6-8-11/h4-8,16H,3,9-10H2,1-2H3. The monoisotopic (exact) mass is 238 g/mol. The lowest BCUT2D eigenvalue weighted by molar-refractivity contribution is -0.152. The molecule has 1 aromatic rings. The highest BCUT2D eigenvalue weighted by Gasteiger charge is 2.33. The van der Waals surface area contributed by atoms with E-state index in [4.69, 9.17) is 4.74 Å². The van der Waals surface area contributed by atoms with Crippen molar-refractivity contribution in [2.75, 3.05) is 12.4 Å². The molecule has 16 heavy (non-hydrogen) atoms. The zero-order chi connectivity index (χ0) is 12.0. The van der Waals surface area contributed by atoms with E-state index in [1.165, 1.54) is 0 Å². The van der Waals surface area contributed by atoms with Crippen molar-refractivity contribution in [2.24, 2.45) is 5.41 Å². The Bertz CT molecular complexity index is 337. The Hall–Kier alpha value is -0.960. The molecular formula is C13H18O2S. The quantitative estimate of drug-likeness (QED) is 0.630. The maximum Gasteiger partial charge on any atom is 0.312 e. The summed E-state index contributed by atoms with van der Waals surface area (Å²) in [6, 6.07) is 9.94. The third-order valence-electron chi connectivity index (χ3n) is 2.55. The van der Waals surface area contributed by atoms with E-state index in [0.29, 0.717) is 18.8 Å². The van der Waals surface area contributed by atoms with E-state index in [0.717, 1.165) is 5.56 Å². The minimum Gasteiger partial charge on any atom is -0.466 e. The molecule has 88 valence electrons. The minimum absolute atomic E-state index is 0.172. The molecule has 1 aromatic carbocycles. The molecule has 3 heteroatoms. The van der Waals surface area contributed by atoms with Crippen LogP contribution in [0.5, 0.6) is 0 Å². The van der Waals surface area contributed by atoms with Gasteiger partial charge < -0.3 is 4.74 Å². The zero-order valence-electron chi connectivity index (χ0n) is 9.77. The molecule has 1 rings (SSSR count). The summed E-state index contributed by atoms with van der Waals surface area (Å²) in [6.45, 7) is 4.13. The minimum atomic E-state index is -0.541. The molecule has 1 atom stereocenters. The van der Waals surface area contributed by atoms with Crippen molar-refractivity contribution in [3.05, 3.63) is 35.9 Å². The number of carbonyl (C=O) groups excluding carboxylic acids is 1. The average molecular weight is 238 g/mol. The van der Waals surface area contributed by atoms with Gasteiger partial charge in [-0.2, -0.15) is 12.6 Å². The van der Waals surface area contributed by atoms with Gasteiger partial charge in [0.15, 0.2) is 0 Å². The molecule has 0 spiro atoms. The van der Waals surface area contributed by atoms with Crippen LogP contribution in [0.4, 0.5) is 0 Å². The third-order valence-corrected chi connectivity index (χ3v) is 3.25. The number of carbonyl (C=O) groups is 1. The Kier molecular flexibility index (Phi) is 4.87. The summed E-state index contributed by atoms with van der Waals surface area (Å²) >= 11 is 4.26. The summed E-state index contributed by atoms with van der Waals surface area (Å²) in [5.41, 5.74) is 0.590. The molecule has 0 saturated carbocycles. The normalized spacial score (nSPS) is 14.2. The van der Waals surface area contributed by atoms with Crippen LogP contribution in [-0.2, 0) is 16.0 Å². The number of thiol groups is 1. The fourth-order valence-electron chi connectivity index (χ4n) is 1.54. The summed E-state index contributed by atoms with van der Waals surface area (Å²) in [6.07, 6.45) is 0.663. The van der Waals surface area contributed by atoms with Crippen LogP contribution in [0.3, 0.4) is 0 Å². The van der Waals surface area contributed by atoms with E-state index in [9.17, 15) is 4.79 Å². The second-order valence-corrected chi connectivity index (χ2v) is 4.42. The fourth-order valence-corrected chi connectivity index (χ4v) is 1.79. The molecule has 0 aliphatic carbocycles. The van der Waals surface area contributed by atoms with Gasteiger partial charge in [0, 0.05) is 5.75 Å². The van der Waals surface area contributed by atoms with Gasteiger partial charge >= 0.3 is 5.97 Å². The first-order valence-corrected chi connectivity index (χ1v) is 6.07. The second-order valence-electron chi connectivity index (χ2n) is 4.10. The Morgan fingerprint density at radius 1 is 1.38 bits per heavy atom. The Morgan fingerprint density at radius 2 is 2.00 bits per heavy atom. The SMILES string of the molecule is CCOC(=O)C(C)(CS)Cc1ccccc1. The number of benzene rings is 1. The van der Waals surface area contributed by atoms with Gasteiger partial charge in [0.1, 0.15) is 0 Å². The second kappa shape index (κ2) is 5.94. The van der Waals surface area contributed by atoms with Crippen LogP contribution in [-0.4, -0.2) is 18.3 Å². The molecule has 0 aliphatic rings. The first-order chi connectivity index (χ1) is 7.62. The lowest BCUT2D eigenvalue weighted by Gasteiger charge is -2.25. The van der Waals surface area contributed by atoms with Crippen LogP contribution < -0.4 is 0 Å². The van der Waals surface area contributed by atoms with E-state index in [-0.39, 0.29) is 5.97 Å². The van der Waals surface area contributed by atoms with Crippen molar-refractivity contribution >= 4 is 18.6 Å². The van der Waals surface area contributed by atoms with Gasteiger partial charge in [-0.25, -0.2) is 0 Å². The molecule has 0 fully saturated rings. The van der Waals surface area contributed by atoms with Crippen molar-refractivity contribution in [3.63, 3.8) is 0 Å². The highest BCUT2D eigenvalue weighted by Crippen LogP contribution is 2.25. The van der Waals surface area contributed by atoms with Gasteiger partial charge in [-0.05, 0) is 25.8 Å². The molecule has 1 unspecified atom stereocenters. The summed E-state index contributed by atoms with van der Waals surface area (Å²) in [5.74, 6) is 0.314.